The number of benzene rings is 1. The van der Waals surface area contributed by atoms with E-state index in [9.17, 15) is 0 Å². The van der Waals surface area contributed by atoms with Gasteiger partial charge in [0.1, 0.15) is 12.5 Å². The highest BCUT2D eigenvalue weighted by atomic mass is 35.5. The molecule has 4 heteroatoms. The van der Waals surface area contributed by atoms with E-state index in [-0.39, 0.29) is 6.73 Å². The standard InChI is InChI=1S/C10H14ClNO2/c1-7-4-8(11)5-9(10(7)14-3)12(2)6-13/h4-5,13H,6H2,1-3H3. The lowest BCUT2D eigenvalue weighted by Gasteiger charge is -2.20. The van der Waals surface area contributed by atoms with E-state index in [4.69, 9.17) is 21.4 Å². The van der Waals surface area contributed by atoms with Gasteiger partial charge in [0.2, 0.25) is 0 Å². The van der Waals surface area contributed by atoms with Crippen molar-refractivity contribution >= 4 is 17.3 Å². The van der Waals surface area contributed by atoms with E-state index in [0.717, 1.165) is 17.0 Å². The lowest BCUT2D eigenvalue weighted by Crippen LogP contribution is -2.18. The quantitative estimate of drug-likeness (QED) is 0.784. The van der Waals surface area contributed by atoms with Crippen molar-refractivity contribution in [1.82, 2.24) is 0 Å². The largest absolute Gasteiger partial charge is 0.494 e. The van der Waals surface area contributed by atoms with Crippen molar-refractivity contribution in [2.45, 2.75) is 6.92 Å². The Morgan fingerprint density at radius 3 is 2.64 bits per heavy atom. The van der Waals surface area contributed by atoms with Crippen LogP contribution in [0.25, 0.3) is 0 Å². The van der Waals surface area contributed by atoms with Crippen LogP contribution in [-0.4, -0.2) is 26.0 Å². The van der Waals surface area contributed by atoms with Crippen molar-refractivity contribution in [2.75, 3.05) is 25.8 Å². The Morgan fingerprint density at radius 2 is 2.14 bits per heavy atom. The minimum Gasteiger partial charge on any atom is -0.494 e. The first-order chi connectivity index (χ1) is 6.60. The Morgan fingerprint density at radius 1 is 1.50 bits per heavy atom. The topological polar surface area (TPSA) is 32.7 Å². The average molecular weight is 216 g/mol. The summed E-state index contributed by atoms with van der Waals surface area (Å²) >= 11 is 5.92. The molecule has 0 spiro atoms. The number of methoxy groups -OCH3 is 1. The third-order valence-electron chi connectivity index (χ3n) is 2.05. The second-order valence-electron chi connectivity index (χ2n) is 3.11. The van der Waals surface area contributed by atoms with Crippen molar-refractivity contribution in [2.24, 2.45) is 0 Å². The van der Waals surface area contributed by atoms with Crippen LogP contribution in [0.4, 0.5) is 5.69 Å². The molecule has 14 heavy (non-hydrogen) atoms. The van der Waals surface area contributed by atoms with E-state index in [1.54, 1.807) is 25.1 Å². The third-order valence-corrected chi connectivity index (χ3v) is 2.27. The van der Waals surface area contributed by atoms with Gasteiger partial charge in [-0.3, -0.25) is 0 Å². The first-order valence-corrected chi connectivity index (χ1v) is 4.64. The van der Waals surface area contributed by atoms with E-state index < -0.39 is 0 Å². The smallest absolute Gasteiger partial charge is 0.145 e. The van der Waals surface area contributed by atoms with E-state index in [1.807, 2.05) is 13.0 Å². The van der Waals surface area contributed by atoms with Crippen molar-refractivity contribution < 1.29 is 9.84 Å². The first-order valence-electron chi connectivity index (χ1n) is 4.26. The first kappa shape index (κ1) is 11.1. The van der Waals surface area contributed by atoms with Gasteiger partial charge >= 0.3 is 0 Å². The molecule has 0 amide bonds. The minimum absolute atomic E-state index is 0.0733. The Labute approximate surface area is 88.9 Å². The summed E-state index contributed by atoms with van der Waals surface area (Å²) < 4.78 is 5.24. The summed E-state index contributed by atoms with van der Waals surface area (Å²) in [5.41, 5.74) is 1.75. The highest BCUT2D eigenvalue weighted by Gasteiger charge is 2.11. The van der Waals surface area contributed by atoms with Crippen LogP contribution in [0.1, 0.15) is 5.56 Å². The molecule has 0 bridgehead atoms. The molecule has 0 heterocycles. The number of aliphatic hydroxyl groups excluding tert-OH is 1. The van der Waals surface area contributed by atoms with Crippen LogP contribution in [-0.2, 0) is 0 Å². The molecule has 0 saturated heterocycles. The molecule has 0 aliphatic carbocycles. The molecule has 0 unspecified atom stereocenters. The second kappa shape index (κ2) is 4.53. The van der Waals surface area contributed by atoms with Gasteiger partial charge in [0.15, 0.2) is 0 Å². The summed E-state index contributed by atoms with van der Waals surface area (Å²) in [6.45, 7) is 1.84. The number of aliphatic hydroxyl groups is 1. The van der Waals surface area contributed by atoms with Crippen molar-refractivity contribution in [3.63, 3.8) is 0 Å². The van der Waals surface area contributed by atoms with E-state index in [0.29, 0.717) is 5.02 Å². The molecule has 0 fully saturated rings. The maximum Gasteiger partial charge on any atom is 0.145 e. The van der Waals surface area contributed by atoms with Crippen LogP contribution in [0.2, 0.25) is 5.02 Å². The zero-order valence-corrected chi connectivity index (χ0v) is 9.30. The SMILES string of the molecule is COc1c(C)cc(Cl)cc1N(C)CO. The number of nitrogens with zero attached hydrogens (tertiary/aromatic N) is 1. The Hall–Kier alpha value is -0.930. The molecule has 0 aliphatic rings. The summed E-state index contributed by atoms with van der Waals surface area (Å²) in [5.74, 6) is 0.742. The van der Waals surface area contributed by atoms with Crippen LogP contribution < -0.4 is 9.64 Å². The summed E-state index contributed by atoms with van der Waals surface area (Å²) in [6, 6.07) is 3.60. The number of hydrogen-bond donors (Lipinski definition) is 1. The maximum atomic E-state index is 9.02. The summed E-state index contributed by atoms with van der Waals surface area (Å²) in [7, 11) is 3.37. The van der Waals surface area contributed by atoms with Crippen molar-refractivity contribution in [3.8, 4) is 5.75 Å². The fraction of sp³-hybridized carbons (Fsp3) is 0.400. The highest BCUT2D eigenvalue weighted by molar-refractivity contribution is 6.31. The molecule has 0 aromatic heterocycles. The Kier molecular flexibility index (Phi) is 3.61. The van der Waals surface area contributed by atoms with Crippen LogP contribution in [0.3, 0.4) is 0 Å². The fourth-order valence-corrected chi connectivity index (χ4v) is 1.60. The van der Waals surface area contributed by atoms with Gasteiger partial charge in [-0.05, 0) is 24.6 Å². The number of rotatable bonds is 3. The third kappa shape index (κ3) is 2.11. The summed E-state index contributed by atoms with van der Waals surface area (Å²) in [4.78, 5) is 1.66. The zero-order valence-electron chi connectivity index (χ0n) is 8.54. The second-order valence-corrected chi connectivity index (χ2v) is 3.55. The van der Waals surface area contributed by atoms with E-state index in [1.165, 1.54) is 0 Å². The fourth-order valence-electron chi connectivity index (χ4n) is 1.34. The van der Waals surface area contributed by atoms with Gasteiger partial charge in [-0.2, -0.15) is 0 Å². The van der Waals surface area contributed by atoms with Crippen molar-refractivity contribution in [1.29, 1.82) is 0 Å². The van der Waals surface area contributed by atoms with Crippen LogP contribution in [0.5, 0.6) is 5.75 Å². The van der Waals surface area contributed by atoms with Crippen LogP contribution >= 0.6 is 11.6 Å². The Bertz CT molecular complexity index is 328. The normalized spacial score (nSPS) is 10.1. The molecule has 1 aromatic rings. The molecule has 1 rings (SSSR count). The molecule has 0 radical (unpaired) electrons. The van der Waals surface area contributed by atoms with Crippen LogP contribution in [0.15, 0.2) is 12.1 Å². The maximum absolute atomic E-state index is 9.02. The molecule has 1 N–H and O–H groups in total. The molecular formula is C10H14ClNO2. The average Bonchev–Trinajstić information content (AvgIpc) is 2.15. The van der Waals surface area contributed by atoms with E-state index >= 15 is 0 Å². The van der Waals surface area contributed by atoms with Gasteiger partial charge in [-0.1, -0.05) is 11.6 Å². The molecule has 0 aliphatic heterocycles. The van der Waals surface area contributed by atoms with Gasteiger partial charge in [-0.15, -0.1) is 0 Å². The lowest BCUT2D eigenvalue weighted by atomic mass is 10.2. The number of ether oxygens (including phenoxy) is 1. The predicted molar refractivity (Wildman–Crippen MR) is 58.2 cm³/mol. The molecule has 78 valence electrons. The molecular weight excluding hydrogens is 202 g/mol. The molecule has 3 nitrogen and oxygen atoms in total. The number of hydrogen-bond acceptors (Lipinski definition) is 3. The number of aryl methyl sites for hydroxylation is 1. The molecule has 0 saturated carbocycles. The monoisotopic (exact) mass is 215 g/mol. The van der Waals surface area contributed by atoms with Gasteiger partial charge in [0.25, 0.3) is 0 Å². The van der Waals surface area contributed by atoms with Crippen molar-refractivity contribution in [3.05, 3.63) is 22.7 Å². The van der Waals surface area contributed by atoms with E-state index in [2.05, 4.69) is 0 Å². The van der Waals surface area contributed by atoms with Gasteiger partial charge in [0.05, 0.1) is 12.8 Å². The highest BCUT2D eigenvalue weighted by Crippen LogP contribution is 2.33. The Balaban J connectivity index is 3.24. The van der Waals surface area contributed by atoms with Gasteiger partial charge in [0, 0.05) is 12.1 Å². The van der Waals surface area contributed by atoms with Gasteiger partial charge in [-0.25, -0.2) is 0 Å². The summed E-state index contributed by atoms with van der Waals surface area (Å²) in [6.07, 6.45) is 0. The predicted octanol–water partition coefficient (Wildman–Crippen LogP) is 2.04. The van der Waals surface area contributed by atoms with Crippen LogP contribution in [0, 0.1) is 6.92 Å². The van der Waals surface area contributed by atoms with Gasteiger partial charge < -0.3 is 14.7 Å². The molecule has 1 aromatic carbocycles. The number of halogens is 1. The lowest BCUT2D eigenvalue weighted by molar-refractivity contribution is 0.296. The number of anilines is 1. The molecule has 0 atom stereocenters. The minimum atomic E-state index is -0.0733. The zero-order chi connectivity index (χ0) is 10.7. The summed E-state index contributed by atoms with van der Waals surface area (Å²) in [5, 5.41) is 9.65.